The zero-order valence-corrected chi connectivity index (χ0v) is 13.8. The van der Waals surface area contributed by atoms with E-state index in [1.807, 2.05) is 30.3 Å². The Balaban J connectivity index is 2.01. The minimum absolute atomic E-state index is 0.224. The third-order valence-corrected chi connectivity index (χ3v) is 3.46. The van der Waals surface area contributed by atoms with Gasteiger partial charge < -0.3 is 15.4 Å². The molecular weight excluding hydrogens is 290 g/mol. The standard InChI is InChI=1S/C18H23N3O2/c1-13(2)14-4-6-15(7-5-14)21-18(22)17-12-16(8-9-20-17)19-10-11-23-3/h4-9,12-13H,10-11H2,1-3H3,(H,19,20)(H,21,22). The van der Waals surface area contributed by atoms with Crippen molar-refractivity contribution in [3.8, 4) is 0 Å². The van der Waals surface area contributed by atoms with Crippen LogP contribution in [0.3, 0.4) is 0 Å². The highest BCUT2D eigenvalue weighted by atomic mass is 16.5. The molecule has 1 amide bonds. The first kappa shape index (κ1) is 17.0. The van der Waals surface area contributed by atoms with Crippen LogP contribution in [0, 0.1) is 0 Å². The van der Waals surface area contributed by atoms with Crippen LogP contribution in [0.5, 0.6) is 0 Å². The number of nitrogens with one attached hydrogen (secondary N) is 2. The maximum atomic E-state index is 12.3. The predicted octanol–water partition coefficient (Wildman–Crippen LogP) is 3.52. The van der Waals surface area contributed by atoms with E-state index in [0.717, 1.165) is 11.4 Å². The summed E-state index contributed by atoms with van der Waals surface area (Å²) < 4.78 is 4.99. The van der Waals surface area contributed by atoms with E-state index in [0.29, 0.717) is 24.8 Å². The van der Waals surface area contributed by atoms with Crippen molar-refractivity contribution in [1.29, 1.82) is 0 Å². The van der Waals surface area contributed by atoms with Gasteiger partial charge in [0.25, 0.3) is 5.91 Å². The number of ether oxygens (including phenoxy) is 1. The fourth-order valence-corrected chi connectivity index (χ4v) is 2.11. The topological polar surface area (TPSA) is 63.2 Å². The number of carbonyl (C=O) groups excluding carboxylic acids is 1. The Morgan fingerprint density at radius 2 is 1.91 bits per heavy atom. The van der Waals surface area contributed by atoms with Crippen molar-refractivity contribution < 1.29 is 9.53 Å². The zero-order chi connectivity index (χ0) is 16.7. The van der Waals surface area contributed by atoms with Gasteiger partial charge in [0.2, 0.25) is 0 Å². The fraction of sp³-hybridized carbons (Fsp3) is 0.333. The molecule has 0 bridgehead atoms. The van der Waals surface area contributed by atoms with Gasteiger partial charge >= 0.3 is 0 Å². The lowest BCUT2D eigenvalue weighted by Gasteiger charge is -2.09. The van der Waals surface area contributed by atoms with Crippen LogP contribution in [0.4, 0.5) is 11.4 Å². The van der Waals surface area contributed by atoms with Crippen molar-refractivity contribution in [2.75, 3.05) is 30.9 Å². The van der Waals surface area contributed by atoms with Gasteiger partial charge in [0.1, 0.15) is 5.69 Å². The van der Waals surface area contributed by atoms with Crippen molar-refractivity contribution in [1.82, 2.24) is 4.98 Å². The highest BCUT2D eigenvalue weighted by Crippen LogP contribution is 2.18. The molecule has 0 saturated carbocycles. The molecule has 0 aliphatic rings. The van der Waals surface area contributed by atoms with Gasteiger partial charge in [0.05, 0.1) is 6.61 Å². The molecule has 122 valence electrons. The number of benzene rings is 1. The second-order valence-corrected chi connectivity index (χ2v) is 5.58. The van der Waals surface area contributed by atoms with E-state index in [1.54, 1.807) is 19.4 Å². The van der Waals surface area contributed by atoms with Crippen LogP contribution < -0.4 is 10.6 Å². The van der Waals surface area contributed by atoms with Gasteiger partial charge in [0, 0.05) is 31.2 Å². The first-order chi connectivity index (χ1) is 11.1. The summed E-state index contributed by atoms with van der Waals surface area (Å²) in [6.45, 7) is 5.56. The van der Waals surface area contributed by atoms with Crippen LogP contribution >= 0.6 is 0 Å². The summed E-state index contributed by atoms with van der Waals surface area (Å²) in [4.78, 5) is 16.4. The Labute approximate surface area is 137 Å². The van der Waals surface area contributed by atoms with Crippen LogP contribution in [0.2, 0.25) is 0 Å². The van der Waals surface area contributed by atoms with Gasteiger partial charge in [-0.05, 0) is 35.7 Å². The van der Waals surface area contributed by atoms with E-state index in [4.69, 9.17) is 4.74 Å². The Morgan fingerprint density at radius 3 is 2.57 bits per heavy atom. The number of hydrogen-bond donors (Lipinski definition) is 2. The van der Waals surface area contributed by atoms with Crippen molar-refractivity contribution >= 4 is 17.3 Å². The second kappa shape index (κ2) is 8.29. The number of amides is 1. The minimum atomic E-state index is -0.224. The summed E-state index contributed by atoms with van der Waals surface area (Å²) in [6.07, 6.45) is 1.62. The van der Waals surface area contributed by atoms with Crippen molar-refractivity contribution in [2.24, 2.45) is 0 Å². The molecule has 0 atom stereocenters. The van der Waals surface area contributed by atoms with Gasteiger partial charge in [-0.2, -0.15) is 0 Å². The summed E-state index contributed by atoms with van der Waals surface area (Å²) >= 11 is 0. The number of rotatable bonds is 7. The lowest BCUT2D eigenvalue weighted by atomic mass is 10.0. The second-order valence-electron chi connectivity index (χ2n) is 5.58. The summed E-state index contributed by atoms with van der Waals surface area (Å²) in [6, 6.07) is 11.4. The van der Waals surface area contributed by atoms with E-state index < -0.39 is 0 Å². The van der Waals surface area contributed by atoms with Gasteiger partial charge in [-0.15, -0.1) is 0 Å². The lowest BCUT2D eigenvalue weighted by Crippen LogP contribution is -2.14. The molecule has 1 aromatic carbocycles. The maximum Gasteiger partial charge on any atom is 0.274 e. The van der Waals surface area contributed by atoms with E-state index in [2.05, 4.69) is 29.5 Å². The van der Waals surface area contributed by atoms with Crippen LogP contribution in [-0.4, -0.2) is 31.2 Å². The molecular formula is C18H23N3O2. The fourth-order valence-electron chi connectivity index (χ4n) is 2.11. The average molecular weight is 313 g/mol. The number of aromatic nitrogens is 1. The first-order valence-corrected chi connectivity index (χ1v) is 7.70. The molecule has 0 aliphatic heterocycles. The molecule has 0 radical (unpaired) electrons. The molecule has 5 nitrogen and oxygen atoms in total. The Morgan fingerprint density at radius 1 is 1.17 bits per heavy atom. The Bertz CT molecular complexity index is 639. The third kappa shape index (κ3) is 5.07. The average Bonchev–Trinajstić information content (AvgIpc) is 2.56. The number of carbonyl (C=O) groups is 1. The Kier molecular flexibility index (Phi) is 6.11. The largest absolute Gasteiger partial charge is 0.383 e. The normalized spacial score (nSPS) is 10.6. The minimum Gasteiger partial charge on any atom is -0.383 e. The Hall–Kier alpha value is -2.40. The van der Waals surface area contributed by atoms with E-state index >= 15 is 0 Å². The molecule has 0 unspecified atom stereocenters. The summed E-state index contributed by atoms with van der Waals surface area (Å²) in [5.41, 5.74) is 3.22. The van der Waals surface area contributed by atoms with Gasteiger partial charge in [-0.1, -0.05) is 26.0 Å². The first-order valence-electron chi connectivity index (χ1n) is 7.70. The quantitative estimate of drug-likeness (QED) is 0.768. The van der Waals surface area contributed by atoms with Crippen LogP contribution in [0.1, 0.15) is 35.8 Å². The van der Waals surface area contributed by atoms with Crippen molar-refractivity contribution in [3.63, 3.8) is 0 Å². The smallest absolute Gasteiger partial charge is 0.274 e. The van der Waals surface area contributed by atoms with E-state index in [1.165, 1.54) is 5.56 Å². The van der Waals surface area contributed by atoms with Crippen LogP contribution in [0.15, 0.2) is 42.6 Å². The monoisotopic (exact) mass is 313 g/mol. The molecule has 5 heteroatoms. The summed E-state index contributed by atoms with van der Waals surface area (Å²) in [5.74, 6) is 0.244. The molecule has 1 heterocycles. The summed E-state index contributed by atoms with van der Waals surface area (Å²) in [7, 11) is 1.65. The van der Waals surface area contributed by atoms with Crippen LogP contribution in [-0.2, 0) is 4.74 Å². The molecule has 2 N–H and O–H groups in total. The molecule has 2 rings (SSSR count). The number of anilines is 2. The third-order valence-electron chi connectivity index (χ3n) is 3.46. The number of nitrogens with zero attached hydrogens (tertiary/aromatic N) is 1. The number of methoxy groups -OCH3 is 1. The molecule has 2 aromatic rings. The zero-order valence-electron chi connectivity index (χ0n) is 13.8. The lowest BCUT2D eigenvalue weighted by molar-refractivity contribution is 0.102. The number of pyridine rings is 1. The molecule has 0 saturated heterocycles. The number of hydrogen-bond acceptors (Lipinski definition) is 4. The van der Waals surface area contributed by atoms with Crippen molar-refractivity contribution in [3.05, 3.63) is 53.9 Å². The van der Waals surface area contributed by atoms with Gasteiger partial charge in [0.15, 0.2) is 0 Å². The maximum absolute atomic E-state index is 12.3. The highest BCUT2D eigenvalue weighted by molar-refractivity contribution is 6.03. The molecule has 0 fully saturated rings. The predicted molar refractivity (Wildman–Crippen MR) is 93.1 cm³/mol. The SMILES string of the molecule is COCCNc1ccnc(C(=O)Nc2ccc(C(C)C)cc2)c1. The molecule has 1 aromatic heterocycles. The van der Waals surface area contributed by atoms with Gasteiger partial charge in [-0.3, -0.25) is 9.78 Å². The van der Waals surface area contributed by atoms with Gasteiger partial charge in [-0.25, -0.2) is 0 Å². The van der Waals surface area contributed by atoms with E-state index in [9.17, 15) is 4.79 Å². The molecule has 23 heavy (non-hydrogen) atoms. The molecule has 0 aliphatic carbocycles. The summed E-state index contributed by atoms with van der Waals surface area (Å²) in [5, 5.41) is 6.04. The van der Waals surface area contributed by atoms with E-state index in [-0.39, 0.29) is 5.91 Å². The van der Waals surface area contributed by atoms with Crippen molar-refractivity contribution in [2.45, 2.75) is 19.8 Å². The molecule has 0 spiro atoms. The highest BCUT2D eigenvalue weighted by Gasteiger charge is 2.09. The van der Waals surface area contributed by atoms with Crippen LogP contribution in [0.25, 0.3) is 0 Å².